The highest BCUT2D eigenvalue weighted by atomic mass is 33.5. The lowest BCUT2D eigenvalue weighted by atomic mass is 10.3. The minimum atomic E-state index is -3.36. The summed E-state index contributed by atoms with van der Waals surface area (Å²) >= 11 is 0. The van der Waals surface area contributed by atoms with Crippen molar-refractivity contribution < 1.29 is 65.9 Å². The molecule has 0 aromatic heterocycles. The quantitative estimate of drug-likeness (QED) is 0.0958. The van der Waals surface area contributed by atoms with E-state index in [1.807, 2.05) is 0 Å². The Morgan fingerprint density at radius 3 is 0.722 bits per heavy atom. The molecule has 0 aliphatic rings. The molecule has 0 saturated carbocycles. The molecule has 18 heteroatoms. The summed E-state index contributed by atoms with van der Waals surface area (Å²) in [5.41, 5.74) is 0. The van der Waals surface area contributed by atoms with E-state index in [0.29, 0.717) is 0 Å². The number of hydrogen-bond acceptors (Lipinski definition) is 2. The van der Waals surface area contributed by atoms with Gasteiger partial charge in [0.15, 0.2) is 77.1 Å². The van der Waals surface area contributed by atoms with Crippen molar-refractivity contribution in [1.82, 2.24) is 0 Å². The average molecular weight is 597 g/mol. The van der Waals surface area contributed by atoms with Gasteiger partial charge in [0.2, 0.25) is 40.7 Å². The molecule has 0 bridgehead atoms. The molecule has 0 heterocycles. The van der Waals surface area contributed by atoms with Crippen LogP contribution in [0.2, 0.25) is 0 Å². The van der Waals surface area contributed by atoms with Gasteiger partial charge in [-0.25, -0.2) is 57.1 Å². The summed E-state index contributed by atoms with van der Waals surface area (Å²) in [6, 6.07) is 0. The lowest BCUT2D eigenvalue weighted by Crippen LogP contribution is -2.12. The standard InChI is InChI=1S/C18F15S3/c19-1-4(22)10(28)16(11(29)5(1)23)34-36(18-14(32)8(26)3(21)9(27)15(18)33)35-17-12(30)6(24)2(20)7(25)13(17)31/q+1. The monoisotopic (exact) mass is 597 g/mol. The van der Waals surface area contributed by atoms with Gasteiger partial charge in [-0.15, -0.1) is 0 Å². The smallest absolute Gasteiger partial charge is 0.202 e. The summed E-state index contributed by atoms with van der Waals surface area (Å²) in [6.07, 6.45) is 0. The number of halogens is 15. The van der Waals surface area contributed by atoms with Crippen molar-refractivity contribution in [2.45, 2.75) is 14.7 Å². The first-order valence-corrected chi connectivity index (χ1v) is 12.2. The van der Waals surface area contributed by atoms with E-state index < -0.39 is 132 Å². The predicted octanol–water partition coefficient (Wildman–Crippen LogP) is 8.16. The van der Waals surface area contributed by atoms with Gasteiger partial charge in [-0.1, -0.05) is 0 Å². The predicted molar refractivity (Wildman–Crippen MR) is 96.0 cm³/mol. The van der Waals surface area contributed by atoms with Gasteiger partial charge in [0.05, 0.1) is 0 Å². The summed E-state index contributed by atoms with van der Waals surface area (Å²) in [5.74, 6) is -40.6. The first-order valence-electron chi connectivity index (χ1n) is 8.28. The molecule has 0 saturated heterocycles. The minimum absolute atomic E-state index is 0.902. The second-order valence-electron chi connectivity index (χ2n) is 6.10. The van der Waals surface area contributed by atoms with E-state index in [2.05, 4.69) is 0 Å². The maximum atomic E-state index is 14.4. The molecule has 0 N–H and O–H groups in total. The number of hydrogen-bond donors (Lipinski definition) is 0. The van der Waals surface area contributed by atoms with E-state index >= 15 is 0 Å². The van der Waals surface area contributed by atoms with Gasteiger partial charge >= 0.3 is 0 Å². The third kappa shape index (κ3) is 4.46. The highest BCUT2D eigenvalue weighted by molar-refractivity contribution is 9.06. The van der Waals surface area contributed by atoms with Crippen molar-refractivity contribution >= 4 is 30.5 Å². The molecule has 0 atom stereocenters. The molecule has 3 aromatic rings. The van der Waals surface area contributed by atoms with Crippen LogP contribution in [0.4, 0.5) is 65.9 Å². The molecule has 194 valence electrons. The maximum absolute atomic E-state index is 14.4. The van der Waals surface area contributed by atoms with E-state index in [9.17, 15) is 65.9 Å². The number of rotatable bonds is 5. The molecule has 3 aromatic carbocycles. The van der Waals surface area contributed by atoms with Crippen molar-refractivity contribution in [3.05, 3.63) is 87.3 Å². The largest absolute Gasteiger partial charge is 0.259 e. The van der Waals surface area contributed by atoms with E-state index in [1.54, 1.807) is 0 Å². The van der Waals surface area contributed by atoms with Crippen LogP contribution in [-0.2, 0) is 8.96 Å². The molecule has 0 fully saturated rings. The van der Waals surface area contributed by atoms with Crippen LogP contribution in [0.15, 0.2) is 14.7 Å². The Kier molecular flexibility index (Phi) is 8.00. The second-order valence-corrected chi connectivity index (χ2v) is 11.8. The van der Waals surface area contributed by atoms with Gasteiger partial charge < -0.3 is 0 Å². The fourth-order valence-corrected chi connectivity index (χ4v) is 8.72. The molecule has 0 aliphatic carbocycles. The second kappa shape index (κ2) is 10.2. The van der Waals surface area contributed by atoms with Crippen LogP contribution in [0, 0.1) is 87.3 Å². The highest BCUT2D eigenvalue weighted by Crippen LogP contribution is 2.50. The molecular formula is C18F15S3+. The van der Waals surface area contributed by atoms with Gasteiger partial charge in [0.25, 0.3) is 4.90 Å². The molecule has 36 heavy (non-hydrogen) atoms. The van der Waals surface area contributed by atoms with E-state index in [4.69, 9.17) is 0 Å². The van der Waals surface area contributed by atoms with Crippen LogP contribution in [0.25, 0.3) is 0 Å². The van der Waals surface area contributed by atoms with Gasteiger partial charge in [-0.3, -0.25) is 0 Å². The van der Waals surface area contributed by atoms with E-state index in [1.165, 1.54) is 0 Å². The van der Waals surface area contributed by atoms with Crippen LogP contribution < -0.4 is 0 Å². The van der Waals surface area contributed by atoms with Crippen LogP contribution in [0.5, 0.6) is 0 Å². The lowest BCUT2D eigenvalue weighted by Gasteiger charge is -2.11. The third-order valence-corrected chi connectivity index (χ3v) is 10.2. The normalized spacial score (nSPS) is 11.7. The summed E-state index contributed by atoms with van der Waals surface area (Å²) < 4.78 is 207. The Labute approximate surface area is 198 Å². The van der Waals surface area contributed by atoms with Gasteiger partial charge in [0, 0.05) is 0 Å². The Balaban J connectivity index is 2.34. The topological polar surface area (TPSA) is 0 Å². The Morgan fingerprint density at radius 1 is 0.278 bits per heavy atom. The summed E-state index contributed by atoms with van der Waals surface area (Å²) in [4.78, 5) is -6.20. The average Bonchev–Trinajstić information content (AvgIpc) is 2.86. The third-order valence-electron chi connectivity index (χ3n) is 3.99. The highest BCUT2D eigenvalue weighted by Gasteiger charge is 2.46. The fraction of sp³-hybridized carbons (Fsp3) is 0. The van der Waals surface area contributed by atoms with Gasteiger partial charge in [-0.2, -0.15) is 8.78 Å². The molecule has 0 unspecified atom stereocenters. The zero-order valence-corrected chi connectivity index (χ0v) is 18.3. The molecule has 0 aliphatic heterocycles. The summed E-state index contributed by atoms with van der Waals surface area (Å²) in [5, 5.41) is 0. The molecule has 0 nitrogen and oxygen atoms in total. The van der Waals surface area contributed by atoms with Crippen LogP contribution in [-0.4, -0.2) is 0 Å². The Hall–Kier alpha value is -2.34. The molecule has 3 rings (SSSR count). The Morgan fingerprint density at radius 2 is 0.472 bits per heavy atom. The Bertz CT molecular complexity index is 1250. The van der Waals surface area contributed by atoms with E-state index in [-0.39, 0.29) is 0 Å². The first kappa shape index (κ1) is 28.2. The first-order chi connectivity index (χ1) is 16.6. The summed E-state index contributed by atoms with van der Waals surface area (Å²) in [6.45, 7) is 0. The van der Waals surface area contributed by atoms with Crippen LogP contribution >= 0.6 is 21.6 Å². The summed E-state index contributed by atoms with van der Waals surface area (Å²) in [7, 11) is -5.17. The van der Waals surface area contributed by atoms with Crippen LogP contribution in [0.3, 0.4) is 0 Å². The SMILES string of the molecule is Fc1c(F)c(F)c(S[S+](Sc2c(F)c(F)c(F)c(F)c2F)c2c(F)c(F)c(F)c(F)c2F)c(F)c1F. The molecule has 0 spiro atoms. The van der Waals surface area contributed by atoms with Crippen molar-refractivity contribution in [2.24, 2.45) is 0 Å². The lowest BCUT2D eigenvalue weighted by molar-refractivity contribution is 0.360. The molecule has 0 radical (unpaired) electrons. The maximum Gasteiger partial charge on any atom is 0.259 e. The van der Waals surface area contributed by atoms with Crippen molar-refractivity contribution in [3.63, 3.8) is 0 Å². The van der Waals surface area contributed by atoms with Gasteiger partial charge in [0.1, 0.15) is 9.79 Å². The zero-order valence-electron chi connectivity index (χ0n) is 15.9. The van der Waals surface area contributed by atoms with Crippen molar-refractivity contribution in [3.8, 4) is 0 Å². The zero-order chi connectivity index (χ0) is 27.4. The number of benzene rings is 3. The molecule has 0 amide bonds. The van der Waals surface area contributed by atoms with Crippen molar-refractivity contribution in [2.75, 3.05) is 0 Å². The van der Waals surface area contributed by atoms with E-state index in [0.717, 1.165) is 0 Å². The molecular weight excluding hydrogens is 597 g/mol. The van der Waals surface area contributed by atoms with Crippen LogP contribution in [0.1, 0.15) is 0 Å². The minimum Gasteiger partial charge on any atom is -0.202 e. The fourth-order valence-electron chi connectivity index (χ4n) is 2.30. The van der Waals surface area contributed by atoms with Crippen molar-refractivity contribution in [1.29, 1.82) is 0 Å². The van der Waals surface area contributed by atoms with Gasteiger partial charge in [-0.05, 0) is 0 Å².